The van der Waals surface area contributed by atoms with Crippen molar-refractivity contribution in [2.24, 2.45) is 5.41 Å². The molecule has 2 heterocycles. The highest BCUT2D eigenvalue weighted by atomic mass is 16.3. The van der Waals surface area contributed by atoms with E-state index in [1.54, 1.807) is 6.07 Å². The van der Waals surface area contributed by atoms with E-state index in [-0.39, 0.29) is 11.3 Å². The quantitative estimate of drug-likeness (QED) is 0.874. The van der Waals surface area contributed by atoms with Gasteiger partial charge in [-0.05, 0) is 68.0 Å². The molecule has 28 heavy (non-hydrogen) atoms. The third-order valence-corrected chi connectivity index (χ3v) is 6.59. The molecule has 4 rings (SSSR count). The molecule has 2 aromatic rings. The number of piperidine rings is 2. The van der Waals surface area contributed by atoms with E-state index in [0.29, 0.717) is 11.7 Å². The zero-order chi connectivity index (χ0) is 19.6. The number of hydrogen-bond donors (Lipinski definition) is 1. The van der Waals surface area contributed by atoms with E-state index in [9.17, 15) is 9.90 Å². The molecule has 0 radical (unpaired) electrons. The molecule has 0 aliphatic carbocycles. The summed E-state index contributed by atoms with van der Waals surface area (Å²) >= 11 is 0. The van der Waals surface area contributed by atoms with E-state index in [2.05, 4.69) is 34.9 Å². The van der Waals surface area contributed by atoms with Crippen molar-refractivity contribution in [3.63, 3.8) is 0 Å². The highest BCUT2D eigenvalue weighted by molar-refractivity contribution is 5.84. The first-order valence-corrected chi connectivity index (χ1v) is 10.4. The van der Waals surface area contributed by atoms with Crippen LogP contribution < -0.4 is 0 Å². The Morgan fingerprint density at radius 2 is 1.82 bits per heavy atom. The van der Waals surface area contributed by atoms with Gasteiger partial charge in [0.1, 0.15) is 5.75 Å². The van der Waals surface area contributed by atoms with Gasteiger partial charge in [0, 0.05) is 19.6 Å². The van der Waals surface area contributed by atoms with Crippen LogP contribution in [0, 0.1) is 5.41 Å². The van der Waals surface area contributed by atoms with Crippen molar-refractivity contribution < 1.29 is 9.90 Å². The summed E-state index contributed by atoms with van der Waals surface area (Å²) in [6, 6.07) is 17.9. The summed E-state index contributed by atoms with van der Waals surface area (Å²) in [5, 5.41) is 9.70. The Bertz CT molecular complexity index is 812. The molecule has 148 valence electrons. The fourth-order valence-corrected chi connectivity index (χ4v) is 4.96. The van der Waals surface area contributed by atoms with E-state index in [1.165, 1.54) is 0 Å². The van der Waals surface area contributed by atoms with Crippen LogP contribution in [0.4, 0.5) is 0 Å². The molecule has 1 atom stereocenters. The normalized spacial score (nSPS) is 22.5. The molecule has 2 fully saturated rings. The van der Waals surface area contributed by atoms with Crippen molar-refractivity contribution in [1.82, 2.24) is 9.80 Å². The van der Waals surface area contributed by atoms with E-state index < -0.39 is 0 Å². The maximum atomic E-state index is 13.0. The first kappa shape index (κ1) is 19.0. The first-order valence-electron chi connectivity index (χ1n) is 10.4. The van der Waals surface area contributed by atoms with Crippen LogP contribution >= 0.6 is 0 Å². The van der Waals surface area contributed by atoms with Crippen LogP contribution in [-0.2, 0) is 11.3 Å². The van der Waals surface area contributed by atoms with Gasteiger partial charge in [-0.3, -0.25) is 9.69 Å². The van der Waals surface area contributed by atoms with Crippen LogP contribution in [0.1, 0.15) is 43.2 Å². The standard InChI is InChI=1S/C24H30N2O2/c1-2-26-18-24(16-22(23(26)28)20-8-4-3-5-9-20)11-13-25(14-12-24)17-19-7-6-10-21(27)15-19/h3-10,15,22,27H,2,11-14,16-18H2,1H3/t22-/m1/s1. The Balaban J connectivity index is 1.46. The lowest BCUT2D eigenvalue weighted by molar-refractivity contribution is -0.141. The molecule has 0 bridgehead atoms. The molecule has 2 aliphatic heterocycles. The van der Waals surface area contributed by atoms with Crippen molar-refractivity contribution in [2.45, 2.75) is 38.6 Å². The minimum atomic E-state index is -0.00693. The van der Waals surface area contributed by atoms with Crippen LogP contribution in [0.2, 0.25) is 0 Å². The first-order chi connectivity index (χ1) is 13.6. The minimum Gasteiger partial charge on any atom is -0.508 e. The monoisotopic (exact) mass is 378 g/mol. The summed E-state index contributed by atoms with van der Waals surface area (Å²) < 4.78 is 0. The number of hydrogen-bond acceptors (Lipinski definition) is 3. The second-order valence-corrected chi connectivity index (χ2v) is 8.47. The average molecular weight is 379 g/mol. The fraction of sp³-hybridized carbons (Fsp3) is 0.458. The number of likely N-dealkylation sites (tertiary alicyclic amines) is 2. The van der Waals surface area contributed by atoms with Crippen molar-refractivity contribution in [1.29, 1.82) is 0 Å². The van der Waals surface area contributed by atoms with E-state index in [4.69, 9.17) is 0 Å². The minimum absolute atomic E-state index is 0.00693. The smallest absolute Gasteiger partial charge is 0.230 e. The number of amides is 1. The molecule has 0 aromatic heterocycles. The predicted molar refractivity (Wildman–Crippen MR) is 111 cm³/mol. The Hall–Kier alpha value is -2.33. The molecule has 2 aliphatic rings. The molecule has 1 amide bonds. The van der Waals surface area contributed by atoms with Crippen molar-refractivity contribution in [3.8, 4) is 5.75 Å². The molecule has 2 aromatic carbocycles. The summed E-state index contributed by atoms with van der Waals surface area (Å²) in [6.07, 6.45) is 3.21. The zero-order valence-corrected chi connectivity index (χ0v) is 16.7. The Kier molecular flexibility index (Phi) is 5.40. The van der Waals surface area contributed by atoms with Crippen LogP contribution in [-0.4, -0.2) is 47.0 Å². The van der Waals surface area contributed by atoms with Crippen molar-refractivity contribution >= 4 is 5.91 Å². The van der Waals surface area contributed by atoms with Gasteiger partial charge >= 0.3 is 0 Å². The van der Waals surface area contributed by atoms with Gasteiger partial charge in [0.05, 0.1) is 5.92 Å². The molecule has 0 unspecified atom stereocenters. The van der Waals surface area contributed by atoms with Gasteiger partial charge in [-0.1, -0.05) is 42.5 Å². The largest absolute Gasteiger partial charge is 0.508 e. The van der Waals surface area contributed by atoms with Crippen molar-refractivity contribution in [3.05, 3.63) is 65.7 Å². The fourth-order valence-electron chi connectivity index (χ4n) is 4.96. The van der Waals surface area contributed by atoms with Crippen LogP contribution in [0.25, 0.3) is 0 Å². The number of aromatic hydroxyl groups is 1. The predicted octanol–water partition coefficient (Wildman–Crippen LogP) is 4.01. The third kappa shape index (κ3) is 3.93. The molecule has 4 heteroatoms. The molecule has 0 saturated carbocycles. The van der Waals surface area contributed by atoms with Crippen LogP contribution in [0.15, 0.2) is 54.6 Å². The second kappa shape index (κ2) is 7.96. The maximum Gasteiger partial charge on any atom is 0.230 e. The van der Waals surface area contributed by atoms with Gasteiger partial charge in [-0.25, -0.2) is 0 Å². The number of carbonyl (C=O) groups is 1. The summed E-state index contributed by atoms with van der Waals surface area (Å²) in [5.74, 6) is 0.620. The molecular weight excluding hydrogens is 348 g/mol. The lowest BCUT2D eigenvalue weighted by Gasteiger charge is -2.50. The van der Waals surface area contributed by atoms with Gasteiger partial charge < -0.3 is 10.0 Å². The molecule has 4 nitrogen and oxygen atoms in total. The number of rotatable bonds is 4. The average Bonchev–Trinajstić information content (AvgIpc) is 2.72. The molecular formula is C24H30N2O2. The lowest BCUT2D eigenvalue weighted by atomic mass is 9.67. The summed E-state index contributed by atoms with van der Waals surface area (Å²) in [4.78, 5) is 17.6. The summed E-state index contributed by atoms with van der Waals surface area (Å²) in [6.45, 7) is 6.74. The molecule has 2 saturated heterocycles. The number of likely N-dealkylation sites (N-methyl/N-ethyl adjacent to an activating group) is 1. The molecule has 1 N–H and O–H groups in total. The summed E-state index contributed by atoms with van der Waals surface area (Å²) in [7, 11) is 0. The Labute approximate surface area is 167 Å². The number of carbonyl (C=O) groups excluding carboxylic acids is 1. The second-order valence-electron chi connectivity index (χ2n) is 8.47. The van der Waals surface area contributed by atoms with E-state index in [0.717, 1.165) is 63.1 Å². The lowest BCUT2D eigenvalue weighted by Crippen LogP contribution is -2.53. The van der Waals surface area contributed by atoms with Gasteiger partial charge in [0.15, 0.2) is 0 Å². The number of phenolic OH excluding ortho intramolecular Hbond substituents is 1. The van der Waals surface area contributed by atoms with Crippen molar-refractivity contribution in [2.75, 3.05) is 26.2 Å². The zero-order valence-electron chi connectivity index (χ0n) is 16.7. The number of phenols is 1. The number of nitrogens with zero attached hydrogens (tertiary/aromatic N) is 2. The van der Waals surface area contributed by atoms with Gasteiger partial charge in [0.2, 0.25) is 5.91 Å². The highest BCUT2D eigenvalue weighted by Gasteiger charge is 2.45. The number of benzene rings is 2. The van der Waals surface area contributed by atoms with Crippen LogP contribution in [0.5, 0.6) is 5.75 Å². The maximum absolute atomic E-state index is 13.0. The van der Waals surface area contributed by atoms with E-state index in [1.807, 2.05) is 30.3 Å². The van der Waals surface area contributed by atoms with Gasteiger partial charge in [-0.2, -0.15) is 0 Å². The highest BCUT2D eigenvalue weighted by Crippen LogP contribution is 2.45. The Morgan fingerprint density at radius 3 is 2.50 bits per heavy atom. The van der Waals surface area contributed by atoms with Gasteiger partial charge in [0.25, 0.3) is 0 Å². The van der Waals surface area contributed by atoms with Crippen LogP contribution in [0.3, 0.4) is 0 Å². The third-order valence-electron chi connectivity index (χ3n) is 6.59. The molecule has 1 spiro atoms. The Morgan fingerprint density at radius 1 is 1.07 bits per heavy atom. The summed E-state index contributed by atoms with van der Waals surface area (Å²) in [5.41, 5.74) is 2.54. The van der Waals surface area contributed by atoms with Gasteiger partial charge in [-0.15, -0.1) is 0 Å². The SMILES string of the molecule is CCN1CC2(CCN(Cc3cccc(O)c3)CC2)C[C@H](c2ccccc2)C1=O. The topological polar surface area (TPSA) is 43.8 Å². The van der Waals surface area contributed by atoms with E-state index >= 15 is 0 Å².